The number of nitrogens with one attached hydrogen (secondary N) is 1. The Morgan fingerprint density at radius 2 is 2.36 bits per heavy atom. The second kappa shape index (κ2) is 4.60. The fraction of sp³-hybridized carbons (Fsp3) is 1.00. The topological polar surface area (TPSA) is 24.5 Å². The Balaban J connectivity index is 1.84. The minimum absolute atomic E-state index is 0.319. The Morgan fingerprint density at radius 1 is 1.50 bits per heavy atom. The van der Waals surface area contributed by atoms with Crippen LogP contribution < -0.4 is 5.32 Å². The van der Waals surface area contributed by atoms with Gasteiger partial charge in [-0.25, -0.2) is 0 Å². The molecule has 0 saturated carbocycles. The molecule has 2 saturated heterocycles. The van der Waals surface area contributed by atoms with Crippen LogP contribution in [-0.4, -0.2) is 43.4 Å². The Bertz CT molecular complexity index is 186. The van der Waals surface area contributed by atoms with Gasteiger partial charge in [-0.15, -0.1) is 0 Å². The maximum atomic E-state index is 5.86. The van der Waals surface area contributed by atoms with Gasteiger partial charge in [0.15, 0.2) is 0 Å². The normalized spacial score (nSPS) is 40.3. The molecule has 0 aromatic carbocycles. The van der Waals surface area contributed by atoms with E-state index in [9.17, 15) is 0 Å². The summed E-state index contributed by atoms with van der Waals surface area (Å²) in [5.41, 5.74) is 0. The van der Waals surface area contributed by atoms with Crippen molar-refractivity contribution in [3.05, 3.63) is 0 Å². The van der Waals surface area contributed by atoms with E-state index in [1.54, 1.807) is 0 Å². The molecule has 0 aliphatic carbocycles. The summed E-state index contributed by atoms with van der Waals surface area (Å²) < 4.78 is 5.86. The Morgan fingerprint density at radius 3 is 3.00 bits per heavy atom. The fourth-order valence-corrected chi connectivity index (χ4v) is 2.53. The molecular formula is C11H22N2O. The van der Waals surface area contributed by atoms with Crippen molar-refractivity contribution in [2.45, 2.75) is 39.0 Å². The molecular weight excluding hydrogens is 176 g/mol. The van der Waals surface area contributed by atoms with Crippen molar-refractivity contribution in [3.63, 3.8) is 0 Å². The minimum atomic E-state index is 0.319. The van der Waals surface area contributed by atoms with Gasteiger partial charge >= 0.3 is 0 Å². The van der Waals surface area contributed by atoms with Gasteiger partial charge < -0.3 is 9.64 Å². The Kier molecular flexibility index (Phi) is 3.42. The second-order valence-electron chi connectivity index (χ2n) is 4.57. The van der Waals surface area contributed by atoms with E-state index in [-0.39, 0.29) is 0 Å². The van der Waals surface area contributed by atoms with Crippen LogP contribution in [-0.2, 0) is 4.74 Å². The summed E-state index contributed by atoms with van der Waals surface area (Å²) in [4.78, 5) is 2.53. The van der Waals surface area contributed by atoms with Crippen molar-refractivity contribution in [2.75, 3.05) is 26.2 Å². The molecule has 1 N–H and O–H groups in total. The molecule has 82 valence electrons. The number of likely N-dealkylation sites (tertiary alicyclic amines) is 1. The number of piperidine rings is 1. The average Bonchev–Trinajstić information content (AvgIpc) is 2.65. The molecule has 2 heterocycles. The monoisotopic (exact) mass is 198 g/mol. The number of hydrogen-bond acceptors (Lipinski definition) is 3. The van der Waals surface area contributed by atoms with Crippen LogP contribution in [0, 0.1) is 5.92 Å². The van der Waals surface area contributed by atoms with Gasteiger partial charge in [0.2, 0.25) is 0 Å². The largest absolute Gasteiger partial charge is 0.359 e. The van der Waals surface area contributed by atoms with E-state index >= 15 is 0 Å². The van der Waals surface area contributed by atoms with E-state index in [0.717, 1.165) is 6.54 Å². The summed E-state index contributed by atoms with van der Waals surface area (Å²) >= 11 is 0. The van der Waals surface area contributed by atoms with Crippen LogP contribution in [0.2, 0.25) is 0 Å². The minimum Gasteiger partial charge on any atom is -0.359 e. The third-order valence-corrected chi connectivity index (χ3v) is 3.40. The van der Waals surface area contributed by atoms with Crippen molar-refractivity contribution < 1.29 is 4.74 Å². The molecule has 3 heteroatoms. The zero-order valence-corrected chi connectivity index (χ0v) is 9.33. The van der Waals surface area contributed by atoms with Crippen LogP contribution in [0.4, 0.5) is 0 Å². The second-order valence-corrected chi connectivity index (χ2v) is 4.57. The molecule has 2 rings (SSSR count). The van der Waals surface area contributed by atoms with E-state index in [4.69, 9.17) is 4.74 Å². The highest BCUT2D eigenvalue weighted by Gasteiger charge is 2.31. The summed E-state index contributed by atoms with van der Waals surface area (Å²) in [6.45, 7) is 9.07. The first kappa shape index (κ1) is 10.4. The van der Waals surface area contributed by atoms with Crippen LogP contribution in [0.25, 0.3) is 0 Å². The molecule has 2 aliphatic heterocycles. The van der Waals surface area contributed by atoms with Gasteiger partial charge in [-0.05, 0) is 32.9 Å². The van der Waals surface area contributed by atoms with Gasteiger partial charge in [-0.1, -0.05) is 6.92 Å². The number of nitrogens with zero attached hydrogens (tertiary/aromatic N) is 1. The van der Waals surface area contributed by atoms with Crippen LogP contribution in [0.5, 0.6) is 0 Å². The highest BCUT2D eigenvalue weighted by Crippen LogP contribution is 2.23. The first-order valence-corrected chi connectivity index (χ1v) is 5.90. The lowest BCUT2D eigenvalue weighted by Gasteiger charge is -2.34. The van der Waals surface area contributed by atoms with E-state index in [1.165, 1.54) is 32.5 Å². The predicted octanol–water partition coefficient (Wildman–Crippen LogP) is 1.05. The molecule has 0 amide bonds. The van der Waals surface area contributed by atoms with Gasteiger partial charge in [0.25, 0.3) is 0 Å². The van der Waals surface area contributed by atoms with Gasteiger partial charge in [0.05, 0.1) is 6.10 Å². The average molecular weight is 198 g/mol. The van der Waals surface area contributed by atoms with Gasteiger partial charge in [-0.3, -0.25) is 5.32 Å². The van der Waals surface area contributed by atoms with E-state index in [0.29, 0.717) is 18.2 Å². The quantitative estimate of drug-likeness (QED) is 0.718. The number of ether oxygens (including phenoxy) is 1. The molecule has 2 aliphatic rings. The molecule has 0 bridgehead atoms. The first-order chi connectivity index (χ1) is 6.79. The van der Waals surface area contributed by atoms with Crippen LogP contribution in [0.1, 0.15) is 26.7 Å². The molecule has 0 aromatic heterocycles. The lowest BCUT2D eigenvalue weighted by Crippen LogP contribution is -2.43. The summed E-state index contributed by atoms with van der Waals surface area (Å²) in [5, 5.41) is 3.47. The molecule has 0 radical (unpaired) electrons. The molecule has 3 nitrogen and oxygen atoms in total. The van der Waals surface area contributed by atoms with E-state index in [1.807, 2.05) is 0 Å². The Hall–Kier alpha value is -0.120. The zero-order chi connectivity index (χ0) is 9.97. The summed E-state index contributed by atoms with van der Waals surface area (Å²) in [6.07, 6.45) is 3.37. The van der Waals surface area contributed by atoms with Crippen molar-refractivity contribution in [1.29, 1.82) is 0 Å². The van der Waals surface area contributed by atoms with Crippen LogP contribution in [0.15, 0.2) is 0 Å². The smallest absolute Gasteiger partial charge is 0.112 e. The summed E-state index contributed by atoms with van der Waals surface area (Å²) in [6, 6.07) is 0. The summed E-state index contributed by atoms with van der Waals surface area (Å²) in [5.74, 6) is 0.702. The van der Waals surface area contributed by atoms with Crippen molar-refractivity contribution in [1.82, 2.24) is 10.2 Å². The highest BCUT2D eigenvalue weighted by molar-refractivity contribution is 4.82. The predicted molar refractivity (Wildman–Crippen MR) is 57.2 cm³/mol. The van der Waals surface area contributed by atoms with Gasteiger partial charge in [0, 0.05) is 19.0 Å². The molecule has 14 heavy (non-hydrogen) atoms. The molecule has 3 unspecified atom stereocenters. The fourth-order valence-electron chi connectivity index (χ4n) is 2.53. The van der Waals surface area contributed by atoms with Crippen LogP contribution >= 0.6 is 0 Å². The van der Waals surface area contributed by atoms with Crippen molar-refractivity contribution >= 4 is 0 Å². The zero-order valence-electron chi connectivity index (χ0n) is 9.33. The number of hydrogen-bond donors (Lipinski definition) is 1. The maximum absolute atomic E-state index is 5.86. The van der Waals surface area contributed by atoms with Gasteiger partial charge in [-0.2, -0.15) is 0 Å². The standard InChI is InChI=1S/C11H22N2O/c1-3-13-6-4-5-10(8-13)11-12-7-9(2)14-11/h9-12H,3-8H2,1-2H3. The molecule has 3 atom stereocenters. The lowest BCUT2D eigenvalue weighted by molar-refractivity contribution is -0.0117. The van der Waals surface area contributed by atoms with E-state index in [2.05, 4.69) is 24.1 Å². The van der Waals surface area contributed by atoms with Crippen molar-refractivity contribution in [2.24, 2.45) is 5.92 Å². The first-order valence-electron chi connectivity index (χ1n) is 5.90. The summed E-state index contributed by atoms with van der Waals surface area (Å²) in [7, 11) is 0. The Labute approximate surface area is 86.8 Å². The van der Waals surface area contributed by atoms with Gasteiger partial charge in [0.1, 0.15) is 6.23 Å². The molecule has 0 aromatic rings. The van der Waals surface area contributed by atoms with E-state index < -0.39 is 0 Å². The SMILES string of the molecule is CCN1CCCC(C2NCC(C)O2)C1. The highest BCUT2D eigenvalue weighted by atomic mass is 16.5. The third-order valence-electron chi connectivity index (χ3n) is 3.40. The van der Waals surface area contributed by atoms with Crippen LogP contribution in [0.3, 0.4) is 0 Å². The maximum Gasteiger partial charge on any atom is 0.112 e. The lowest BCUT2D eigenvalue weighted by atomic mass is 9.96. The molecule has 0 spiro atoms. The number of rotatable bonds is 2. The van der Waals surface area contributed by atoms with Crippen molar-refractivity contribution in [3.8, 4) is 0 Å². The molecule has 2 fully saturated rings. The third kappa shape index (κ3) is 2.27.